The molecule has 0 bridgehead atoms. The molecule has 0 amide bonds. The van der Waals surface area contributed by atoms with Crippen LogP contribution >= 0.6 is 27.5 Å². The quantitative estimate of drug-likeness (QED) is 0.663. The van der Waals surface area contributed by atoms with E-state index < -0.39 is 6.10 Å². The van der Waals surface area contributed by atoms with Crippen LogP contribution in [0.1, 0.15) is 17.2 Å². The van der Waals surface area contributed by atoms with Gasteiger partial charge in [-0.15, -0.1) is 0 Å². The van der Waals surface area contributed by atoms with Gasteiger partial charge in [-0.3, -0.25) is 0 Å². The van der Waals surface area contributed by atoms with Crippen LogP contribution in [-0.4, -0.2) is 5.11 Å². The summed E-state index contributed by atoms with van der Waals surface area (Å²) in [5.74, 6) is 0. The molecule has 3 aromatic carbocycles. The third kappa shape index (κ3) is 2.47. The minimum absolute atomic E-state index is 0.662. The molecule has 100 valence electrons. The number of hydrogen-bond acceptors (Lipinski definition) is 1. The van der Waals surface area contributed by atoms with E-state index in [1.54, 1.807) is 0 Å². The Morgan fingerprint density at radius 3 is 2.20 bits per heavy atom. The Morgan fingerprint density at radius 1 is 0.850 bits per heavy atom. The lowest BCUT2D eigenvalue weighted by Gasteiger charge is -2.15. The third-order valence-corrected chi connectivity index (χ3v) is 4.24. The van der Waals surface area contributed by atoms with E-state index in [0.717, 1.165) is 26.4 Å². The minimum atomic E-state index is -0.662. The van der Waals surface area contributed by atoms with Crippen LogP contribution in [0.25, 0.3) is 10.8 Å². The molecule has 0 fully saturated rings. The second-order valence-corrected chi connectivity index (χ2v) is 5.96. The van der Waals surface area contributed by atoms with Crippen LogP contribution in [0.4, 0.5) is 0 Å². The van der Waals surface area contributed by atoms with Gasteiger partial charge in [-0.05, 0) is 34.7 Å². The Bertz CT molecular complexity index is 753. The highest BCUT2D eigenvalue weighted by molar-refractivity contribution is 9.10. The summed E-state index contributed by atoms with van der Waals surface area (Å²) in [4.78, 5) is 0. The van der Waals surface area contributed by atoms with Gasteiger partial charge >= 0.3 is 0 Å². The maximum Gasteiger partial charge on any atom is 0.105 e. The molecule has 3 heteroatoms. The summed E-state index contributed by atoms with van der Waals surface area (Å²) in [6, 6.07) is 19.3. The normalized spacial score (nSPS) is 12.6. The fourth-order valence-corrected chi connectivity index (χ4v) is 2.84. The number of rotatable bonds is 2. The number of hydrogen-bond donors (Lipinski definition) is 1. The maximum atomic E-state index is 10.6. The first-order valence-electron chi connectivity index (χ1n) is 6.27. The highest BCUT2D eigenvalue weighted by atomic mass is 79.9. The van der Waals surface area contributed by atoms with Gasteiger partial charge in [0, 0.05) is 14.9 Å². The Kier molecular flexibility index (Phi) is 3.79. The van der Waals surface area contributed by atoms with Gasteiger partial charge in [0.05, 0.1) is 0 Å². The van der Waals surface area contributed by atoms with Gasteiger partial charge in [0.15, 0.2) is 0 Å². The number of halogens is 2. The summed E-state index contributed by atoms with van der Waals surface area (Å²) in [6.07, 6.45) is -0.662. The molecule has 0 spiro atoms. The molecule has 20 heavy (non-hydrogen) atoms. The Morgan fingerprint density at radius 2 is 1.50 bits per heavy atom. The van der Waals surface area contributed by atoms with Crippen molar-refractivity contribution in [3.8, 4) is 0 Å². The lowest BCUT2D eigenvalue weighted by atomic mass is 9.96. The summed E-state index contributed by atoms with van der Waals surface area (Å²) in [6.45, 7) is 0. The molecule has 0 saturated heterocycles. The van der Waals surface area contributed by atoms with E-state index in [1.165, 1.54) is 0 Å². The molecular weight excluding hydrogens is 336 g/mol. The summed E-state index contributed by atoms with van der Waals surface area (Å²) in [7, 11) is 0. The van der Waals surface area contributed by atoms with Crippen LogP contribution in [0.2, 0.25) is 5.02 Å². The summed E-state index contributed by atoms with van der Waals surface area (Å²) in [5.41, 5.74) is 1.73. The van der Waals surface area contributed by atoms with Gasteiger partial charge in [-0.25, -0.2) is 0 Å². The predicted octanol–water partition coefficient (Wildman–Crippen LogP) is 5.34. The van der Waals surface area contributed by atoms with Crippen LogP contribution in [0.15, 0.2) is 65.1 Å². The number of fused-ring (bicyclic) bond motifs is 1. The lowest BCUT2D eigenvalue weighted by Crippen LogP contribution is -2.00. The topological polar surface area (TPSA) is 20.2 Å². The van der Waals surface area contributed by atoms with E-state index in [9.17, 15) is 5.11 Å². The van der Waals surface area contributed by atoms with E-state index in [4.69, 9.17) is 11.6 Å². The van der Waals surface area contributed by atoms with Gasteiger partial charge < -0.3 is 5.11 Å². The molecule has 0 aromatic heterocycles. The summed E-state index contributed by atoms with van der Waals surface area (Å²) >= 11 is 9.61. The fourth-order valence-electron chi connectivity index (χ4n) is 2.35. The van der Waals surface area contributed by atoms with Gasteiger partial charge in [0.2, 0.25) is 0 Å². The van der Waals surface area contributed by atoms with Crippen LogP contribution in [-0.2, 0) is 0 Å². The Balaban J connectivity index is 2.14. The highest BCUT2D eigenvalue weighted by Crippen LogP contribution is 2.33. The molecule has 0 saturated carbocycles. The van der Waals surface area contributed by atoms with E-state index in [-0.39, 0.29) is 0 Å². The average molecular weight is 348 g/mol. The monoisotopic (exact) mass is 346 g/mol. The van der Waals surface area contributed by atoms with Crippen LogP contribution in [0.5, 0.6) is 0 Å². The van der Waals surface area contributed by atoms with Crippen molar-refractivity contribution in [3.05, 3.63) is 81.3 Å². The van der Waals surface area contributed by atoms with Gasteiger partial charge in [0.25, 0.3) is 0 Å². The number of aliphatic hydroxyl groups excluding tert-OH is 1. The second kappa shape index (κ2) is 5.57. The lowest BCUT2D eigenvalue weighted by molar-refractivity contribution is 0.222. The second-order valence-electron chi connectivity index (χ2n) is 4.64. The van der Waals surface area contributed by atoms with Crippen molar-refractivity contribution < 1.29 is 5.11 Å². The fraction of sp³-hybridized carbons (Fsp3) is 0.0588. The van der Waals surface area contributed by atoms with Crippen LogP contribution in [0, 0.1) is 0 Å². The SMILES string of the molecule is OC(c1ccc(Br)cc1)c1ccc(Cl)c2ccccc12. The molecular formula is C17H12BrClO. The van der Waals surface area contributed by atoms with E-state index in [2.05, 4.69) is 15.9 Å². The Labute approximate surface area is 131 Å². The van der Waals surface area contributed by atoms with Crippen LogP contribution < -0.4 is 0 Å². The Hall–Kier alpha value is -1.35. The summed E-state index contributed by atoms with van der Waals surface area (Å²) in [5, 5.41) is 13.3. The van der Waals surface area contributed by atoms with E-state index in [0.29, 0.717) is 5.02 Å². The average Bonchev–Trinajstić information content (AvgIpc) is 2.48. The molecule has 1 N–H and O–H groups in total. The smallest absolute Gasteiger partial charge is 0.105 e. The van der Waals surface area contributed by atoms with Gasteiger partial charge in [-0.2, -0.15) is 0 Å². The first kappa shape index (κ1) is 13.6. The minimum Gasteiger partial charge on any atom is -0.384 e. The number of benzene rings is 3. The summed E-state index contributed by atoms with van der Waals surface area (Å²) < 4.78 is 0.995. The van der Waals surface area contributed by atoms with Crippen molar-refractivity contribution in [2.24, 2.45) is 0 Å². The molecule has 1 atom stereocenters. The molecule has 0 aliphatic rings. The van der Waals surface area contributed by atoms with Gasteiger partial charge in [-0.1, -0.05) is 70.0 Å². The van der Waals surface area contributed by atoms with Crippen molar-refractivity contribution >= 4 is 38.3 Å². The molecule has 1 unspecified atom stereocenters. The third-order valence-electron chi connectivity index (χ3n) is 3.38. The molecule has 0 heterocycles. The standard InChI is InChI=1S/C17H12BrClO/c18-12-7-5-11(6-8-12)17(20)15-9-10-16(19)14-4-2-1-3-13(14)15/h1-10,17,20H. The van der Waals surface area contributed by atoms with Crippen molar-refractivity contribution in [2.45, 2.75) is 6.10 Å². The number of aliphatic hydroxyl groups is 1. The van der Waals surface area contributed by atoms with Crippen molar-refractivity contribution in [3.63, 3.8) is 0 Å². The molecule has 0 aliphatic carbocycles. The van der Waals surface area contributed by atoms with E-state index in [1.807, 2.05) is 60.7 Å². The zero-order chi connectivity index (χ0) is 14.1. The first-order chi connectivity index (χ1) is 9.66. The zero-order valence-corrected chi connectivity index (χ0v) is 12.9. The van der Waals surface area contributed by atoms with Crippen molar-refractivity contribution in [1.29, 1.82) is 0 Å². The predicted molar refractivity (Wildman–Crippen MR) is 87.2 cm³/mol. The molecule has 3 aromatic rings. The first-order valence-corrected chi connectivity index (χ1v) is 7.44. The largest absolute Gasteiger partial charge is 0.384 e. The van der Waals surface area contributed by atoms with Crippen molar-refractivity contribution in [2.75, 3.05) is 0 Å². The zero-order valence-electron chi connectivity index (χ0n) is 10.6. The van der Waals surface area contributed by atoms with Crippen molar-refractivity contribution in [1.82, 2.24) is 0 Å². The molecule has 3 rings (SSSR count). The molecule has 0 aliphatic heterocycles. The van der Waals surface area contributed by atoms with Gasteiger partial charge in [0.1, 0.15) is 6.10 Å². The molecule has 1 nitrogen and oxygen atoms in total. The highest BCUT2D eigenvalue weighted by Gasteiger charge is 2.14. The van der Waals surface area contributed by atoms with Crippen LogP contribution in [0.3, 0.4) is 0 Å². The molecule has 0 radical (unpaired) electrons. The maximum absolute atomic E-state index is 10.6. The van der Waals surface area contributed by atoms with E-state index >= 15 is 0 Å².